The van der Waals surface area contributed by atoms with Crippen molar-refractivity contribution in [2.24, 2.45) is 22.6 Å². The topological polar surface area (TPSA) is 47.6 Å². The van der Waals surface area contributed by atoms with E-state index in [0.717, 1.165) is 19.4 Å². The van der Waals surface area contributed by atoms with Crippen molar-refractivity contribution in [3.8, 4) is 0 Å². The van der Waals surface area contributed by atoms with E-state index in [-0.39, 0.29) is 5.60 Å². The van der Waals surface area contributed by atoms with Gasteiger partial charge in [-0.05, 0) is 24.7 Å². The van der Waals surface area contributed by atoms with Gasteiger partial charge in [-0.3, -0.25) is 0 Å². The van der Waals surface area contributed by atoms with Crippen LogP contribution in [0.4, 0.5) is 0 Å². The van der Waals surface area contributed by atoms with Crippen LogP contribution in [0.25, 0.3) is 0 Å². The van der Waals surface area contributed by atoms with Gasteiger partial charge in [-0.2, -0.15) is 0 Å². The molecule has 0 atom stereocenters. The maximum absolute atomic E-state index is 5.70. The molecule has 0 fully saturated rings. The fourth-order valence-corrected chi connectivity index (χ4v) is 2.29. The molecular formula is C11H22N2O. The van der Waals surface area contributed by atoms with Gasteiger partial charge in [0.05, 0.1) is 6.54 Å². The maximum atomic E-state index is 5.70. The van der Waals surface area contributed by atoms with Crippen LogP contribution in [0.3, 0.4) is 0 Å². The second kappa shape index (κ2) is 4.20. The molecule has 3 nitrogen and oxygen atoms in total. The number of amidine groups is 1. The molecule has 0 amide bonds. The van der Waals surface area contributed by atoms with Crippen LogP contribution in [0.2, 0.25) is 0 Å². The molecule has 0 aromatic carbocycles. The highest BCUT2D eigenvalue weighted by Crippen LogP contribution is 2.32. The lowest BCUT2D eigenvalue weighted by Crippen LogP contribution is -2.37. The zero-order valence-electron chi connectivity index (χ0n) is 9.71. The standard InChI is InChI=1S/C11H22N2O/c1-8(2)5-11(6-9(3)4)7-13-10(12)14-11/h8-9H,5-7H2,1-4H3,(H2,12,13). The van der Waals surface area contributed by atoms with Crippen LogP contribution in [0.5, 0.6) is 0 Å². The molecule has 1 rings (SSSR count). The van der Waals surface area contributed by atoms with Crippen molar-refractivity contribution in [3.63, 3.8) is 0 Å². The van der Waals surface area contributed by atoms with Crippen LogP contribution in [0, 0.1) is 11.8 Å². The summed E-state index contributed by atoms with van der Waals surface area (Å²) >= 11 is 0. The number of ether oxygens (including phenoxy) is 1. The highest BCUT2D eigenvalue weighted by atomic mass is 16.5. The zero-order chi connectivity index (χ0) is 10.8. The lowest BCUT2D eigenvalue weighted by molar-refractivity contribution is 0.0411. The van der Waals surface area contributed by atoms with Crippen LogP contribution in [0.15, 0.2) is 4.99 Å². The molecule has 1 aliphatic rings. The third-order valence-corrected chi connectivity index (χ3v) is 2.40. The first-order valence-corrected chi connectivity index (χ1v) is 5.42. The Bertz CT molecular complexity index is 211. The average Bonchev–Trinajstić information content (AvgIpc) is 2.28. The largest absolute Gasteiger partial charge is 0.457 e. The van der Waals surface area contributed by atoms with Crippen LogP contribution < -0.4 is 5.73 Å². The van der Waals surface area contributed by atoms with E-state index in [4.69, 9.17) is 10.5 Å². The van der Waals surface area contributed by atoms with Gasteiger partial charge < -0.3 is 10.5 Å². The SMILES string of the molecule is CC(C)CC1(CC(C)C)CN=C(N)O1. The Labute approximate surface area is 86.7 Å². The minimum atomic E-state index is -0.119. The summed E-state index contributed by atoms with van der Waals surface area (Å²) in [6.07, 6.45) is 2.07. The predicted octanol–water partition coefficient (Wildman–Crippen LogP) is 2.16. The summed E-state index contributed by atoms with van der Waals surface area (Å²) in [5.41, 5.74) is 5.47. The van der Waals surface area contributed by atoms with E-state index >= 15 is 0 Å². The molecule has 0 spiro atoms. The Morgan fingerprint density at radius 2 is 1.79 bits per heavy atom. The molecule has 0 radical (unpaired) electrons. The number of hydrogen-bond donors (Lipinski definition) is 1. The Kier molecular flexibility index (Phi) is 3.40. The minimum Gasteiger partial charge on any atom is -0.457 e. The van der Waals surface area contributed by atoms with Gasteiger partial charge in [-0.15, -0.1) is 0 Å². The van der Waals surface area contributed by atoms with Gasteiger partial charge in [0.25, 0.3) is 6.02 Å². The van der Waals surface area contributed by atoms with Crippen molar-refractivity contribution >= 4 is 6.02 Å². The number of nitrogens with zero attached hydrogens (tertiary/aromatic N) is 1. The number of hydrogen-bond acceptors (Lipinski definition) is 3. The summed E-state index contributed by atoms with van der Waals surface area (Å²) in [6, 6.07) is 0.367. The van der Waals surface area contributed by atoms with Gasteiger partial charge in [-0.1, -0.05) is 27.7 Å². The number of nitrogens with two attached hydrogens (primary N) is 1. The molecule has 3 heteroatoms. The quantitative estimate of drug-likeness (QED) is 0.752. The summed E-state index contributed by atoms with van der Waals surface area (Å²) in [4.78, 5) is 4.17. The Hall–Kier alpha value is -0.730. The van der Waals surface area contributed by atoms with Gasteiger partial charge in [0.1, 0.15) is 5.60 Å². The molecule has 0 aliphatic carbocycles. The second-order valence-electron chi connectivity index (χ2n) is 5.14. The molecule has 1 heterocycles. The summed E-state index contributed by atoms with van der Waals surface area (Å²) in [5.74, 6) is 1.24. The third kappa shape index (κ3) is 2.89. The summed E-state index contributed by atoms with van der Waals surface area (Å²) in [5, 5.41) is 0. The van der Waals surface area contributed by atoms with Crippen molar-refractivity contribution in [2.45, 2.75) is 46.1 Å². The minimum absolute atomic E-state index is 0.119. The van der Waals surface area contributed by atoms with Gasteiger partial charge in [0.15, 0.2) is 0 Å². The molecule has 0 saturated carbocycles. The zero-order valence-corrected chi connectivity index (χ0v) is 9.71. The Morgan fingerprint density at radius 3 is 2.07 bits per heavy atom. The number of aliphatic imine (C=N–C) groups is 1. The smallest absolute Gasteiger partial charge is 0.282 e. The highest BCUT2D eigenvalue weighted by Gasteiger charge is 2.38. The second-order valence-corrected chi connectivity index (χ2v) is 5.14. The normalized spacial score (nSPS) is 20.0. The van der Waals surface area contributed by atoms with Crippen molar-refractivity contribution in [2.75, 3.05) is 6.54 Å². The number of rotatable bonds is 4. The Balaban J connectivity index is 2.62. The fourth-order valence-electron chi connectivity index (χ4n) is 2.29. The Morgan fingerprint density at radius 1 is 1.29 bits per heavy atom. The van der Waals surface area contributed by atoms with Crippen LogP contribution >= 0.6 is 0 Å². The molecule has 0 aromatic rings. The van der Waals surface area contributed by atoms with E-state index in [0.29, 0.717) is 17.9 Å². The van der Waals surface area contributed by atoms with E-state index in [9.17, 15) is 0 Å². The van der Waals surface area contributed by atoms with Gasteiger partial charge in [0, 0.05) is 0 Å². The first-order chi connectivity index (χ1) is 6.43. The summed E-state index contributed by atoms with van der Waals surface area (Å²) in [6.45, 7) is 9.56. The van der Waals surface area contributed by atoms with Gasteiger partial charge in [0.2, 0.25) is 0 Å². The van der Waals surface area contributed by atoms with Crippen molar-refractivity contribution < 1.29 is 4.74 Å². The van der Waals surface area contributed by atoms with E-state index in [1.54, 1.807) is 0 Å². The van der Waals surface area contributed by atoms with Crippen LogP contribution in [-0.4, -0.2) is 18.2 Å². The van der Waals surface area contributed by atoms with E-state index in [1.807, 2.05) is 0 Å². The third-order valence-electron chi connectivity index (χ3n) is 2.40. The maximum Gasteiger partial charge on any atom is 0.282 e. The van der Waals surface area contributed by atoms with Crippen molar-refractivity contribution in [1.29, 1.82) is 0 Å². The van der Waals surface area contributed by atoms with E-state index in [2.05, 4.69) is 32.7 Å². The monoisotopic (exact) mass is 198 g/mol. The molecule has 0 unspecified atom stereocenters. The van der Waals surface area contributed by atoms with E-state index in [1.165, 1.54) is 0 Å². The van der Waals surface area contributed by atoms with E-state index < -0.39 is 0 Å². The van der Waals surface area contributed by atoms with Gasteiger partial charge in [-0.25, -0.2) is 4.99 Å². The first kappa shape index (κ1) is 11.3. The molecule has 14 heavy (non-hydrogen) atoms. The molecule has 2 N–H and O–H groups in total. The molecule has 0 aromatic heterocycles. The average molecular weight is 198 g/mol. The summed E-state index contributed by atoms with van der Waals surface area (Å²) in [7, 11) is 0. The summed E-state index contributed by atoms with van der Waals surface area (Å²) < 4.78 is 5.70. The van der Waals surface area contributed by atoms with Crippen LogP contribution in [-0.2, 0) is 4.74 Å². The predicted molar refractivity (Wildman–Crippen MR) is 59.2 cm³/mol. The lowest BCUT2D eigenvalue weighted by atomic mass is 9.85. The highest BCUT2D eigenvalue weighted by molar-refractivity contribution is 5.73. The molecular weight excluding hydrogens is 176 g/mol. The fraction of sp³-hybridized carbons (Fsp3) is 0.909. The van der Waals surface area contributed by atoms with Crippen molar-refractivity contribution in [1.82, 2.24) is 0 Å². The van der Waals surface area contributed by atoms with Gasteiger partial charge >= 0.3 is 0 Å². The van der Waals surface area contributed by atoms with Crippen molar-refractivity contribution in [3.05, 3.63) is 0 Å². The molecule has 0 bridgehead atoms. The first-order valence-electron chi connectivity index (χ1n) is 5.42. The molecule has 1 aliphatic heterocycles. The van der Waals surface area contributed by atoms with Crippen LogP contribution in [0.1, 0.15) is 40.5 Å². The molecule has 0 saturated heterocycles. The molecule has 82 valence electrons. The lowest BCUT2D eigenvalue weighted by Gasteiger charge is -2.31.